The lowest BCUT2D eigenvalue weighted by Crippen LogP contribution is -2.72. The predicted molar refractivity (Wildman–Crippen MR) is 108 cm³/mol. The molecule has 0 heterocycles. The number of hydrogen-bond donors (Lipinski definition) is 2. The van der Waals surface area contributed by atoms with Crippen LogP contribution in [0.3, 0.4) is 0 Å². The molecule has 27 heavy (non-hydrogen) atoms. The highest BCUT2D eigenvalue weighted by atomic mass is 16.6. The third kappa shape index (κ3) is 5.23. The van der Waals surface area contributed by atoms with Crippen LogP contribution >= 0.6 is 0 Å². The van der Waals surface area contributed by atoms with E-state index in [1.54, 1.807) is 18.2 Å². The zero-order valence-corrected chi connectivity index (χ0v) is 15.3. The predicted octanol–water partition coefficient (Wildman–Crippen LogP) is 3.82. The molecule has 0 unspecified atom stereocenters. The number of rotatable bonds is 8. The second kappa shape index (κ2) is 9.26. The second-order valence-corrected chi connectivity index (χ2v) is 5.80. The molecule has 0 bridgehead atoms. The molecule has 6 heteroatoms. The molecular weight excluding hydrogens is 342 g/mol. The van der Waals surface area contributed by atoms with Crippen molar-refractivity contribution in [3.8, 4) is 0 Å². The molecule has 2 rings (SSSR count). The number of quaternary nitrogens is 1. The number of carbonyl (C=O) groups is 1. The zero-order valence-electron chi connectivity index (χ0n) is 15.3. The summed E-state index contributed by atoms with van der Waals surface area (Å²) in [5.74, 6) is -0.218. The molecule has 0 fully saturated rings. The van der Waals surface area contributed by atoms with Crippen LogP contribution in [0.1, 0.15) is 22.8 Å². The minimum atomic E-state index is -0.500. The number of ketones is 1. The Morgan fingerprint density at radius 1 is 1.22 bits per heavy atom. The Balaban J connectivity index is 2.37. The Bertz CT molecular complexity index is 930. The van der Waals surface area contributed by atoms with Crippen LogP contribution in [0.2, 0.25) is 0 Å². The van der Waals surface area contributed by atoms with Crippen LogP contribution in [0, 0.1) is 10.1 Å². The third-order valence-corrected chi connectivity index (χ3v) is 3.88. The largest absolute Gasteiger partial charge is 0.350 e. The lowest BCUT2D eigenvalue weighted by Gasteiger charge is -2.10. The molecule has 2 aromatic rings. The topological polar surface area (TPSA) is 88.8 Å². The lowest BCUT2D eigenvalue weighted by molar-refractivity contribution is -0.556. The van der Waals surface area contributed by atoms with E-state index in [0.717, 1.165) is 11.1 Å². The number of nitrogens with one attached hydrogen (secondary N) is 1. The first-order valence-electron chi connectivity index (χ1n) is 8.42. The van der Waals surface area contributed by atoms with E-state index in [4.69, 9.17) is 0 Å². The molecule has 0 spiro atoms. The molecule has 6 nitrogen and oxygen atoms in total. The fraction of sp³-hybridized carbons (Fsp3) is 0.0952. The Morgan fingerprint density at radius 2 is 2.00 bits per heavy atom. The van der Waals surface area contributed by atoms with Gasteiger partial charge < -0.3 is 10.6 Å². The maximum Gasteiger partial charge on any atom is 0.293 e. The van der Waals surface area contributed by atoms with Gasteiger partial charge in [-0.1, -0.05) is 24.8 Å². The van der Waals surface area contributed by atoms with Gasteiger partial charge in [0.1, 0.15) is 5.69 Å². The number of carbonyl (C=O) groups excluding carboxylic acids is 1. The van der Waals surface area contributed by atoms with Gasteiger partial charge in [-0.05, 0) is 54.5 Å². The van der Waals surface area contributed by atoms with E-state index < -0.39 is 4.92 Å². The summed E-state index contributed by atoms with van der Waals surface area (Å²) in [6.07, 6.45) is 7.54. The van der Waals surface area contributed by atoms with Gasteiger partial charge in [-0.25, -0.2) is 0 Å². The number of Topliss-reactive ketones (excluding diaryl/α,β-unsaturated/α-hetero) is 1. The Kier molecular flexibility index (Phi) is 6.79. The molecule has 3 N–H and O–H groups in total. The number of anilines is 2. The van der Waals surface area contributed by atoms with Gasteiger partial charge in [-0.3, -0.25) is 14.9 Å². The van der Waals surface area contributed by atoms with Crippen LogP contribution in [0.5, 0.6) is 0 Å². The van der Waals surface area contributed by atoms with E-state index in [-0.39, 0.29) is 11.5 Å². The number of hydrogen-bond acceptors (Lipinski definition) is 4. The first kappa shape index (κ1) is 19.8. The van der Waals surface area contributed by atoms with Crippen molar-refractivity contribution in [2.24, 2.45) is 0 Å². The van der Waals surface area contributed by atoms with Crippen molar-refractivity contribution < 1.29 is 15.0 Å². The maximum absolute atomic E-state index is 11.5. The molecule has 138 valence electrons. The Hall–Kier alpha value is -3.51. The quantitative estimate of drug-likeness (QED) is 0.323. The molecular formula is C21H22N3O3+. The third-order valence-electron chi connectivity index (χ3n) is 3.88. The molecule has 0 amide bonds. The van der Waals surface area contributed by atoms with Crippen molar-refractivity contribution in [1.29, 1.82) is 0 Å². The van der Waals surface area contributed by atoms with Crippen LogP contribution < -0.4 is 10.6 Å². The molecule has 0 aromatic heterocycles. The highest BCUT2D eigenvalue weighted by molar-refractivity contribution is 5.95. The number of nitrogens with two attached hydrogens (primary N) is 1. The van der Waals surface area contributed by atoms with Crippen LogP contribution in [0.15, 0.2) is 73.5 Å². The van der Waals surface area contributed by atoms with E-state index in [1.165, 1.54) is 13.0 Å². The number of nitrogens with zero attached hydrogens (tertiary/aromatic N) is 1. The van der Waals surface area contributed by atoms with Gasteiger partial charge >= 0.3 is 0 Å². The average molecular weight is 364 g/mol. The summed E-state index contributed by atoms with van der Waals surface area (Å²) in [5.41, 5.74) is 3.04. The first-order valence-corrected chi connectivity index (χ1v) is 8.42. The minimum Gasteiger partial charge on any atom is -0.350 e. The SMILES string of the molecule is C=C/C(=C\C=C/[NH2+]C)c1cccc(Nc2ccc(C(C)=O)cc2[N+](=O)[O-])c1. The molecule has 0 aliphatic rings. The first-order chi connectivity index (χ1) is 13.0. The fourth-order valence-corrected chi connectivity index (χ4v) is 2.49. The summed E-state index contributed by atoms with van der Waals surface area (Å²) in [6.45, 7) is 5.22. The number of nitro groups is 1. The van der Waals surface area contributed by atoms with Crippen molar-refractivity contribution in [3.05, 3.63) is 94.7 Å². The van der Waals surface area contributed by atoms with Gasteiger partial charge in [0.2, 0.25) is 0 Å². The Labute approximate surface area is 158 Å². The number of benzene rings is 2. The van der Waals surface area contributed by atoms with Crippen molar-refractivity contribution in [3.63, 3.8) is 0 Å². The number of allylic oxidation sites excluding steroid dienone is 4. The fourth-order valence-electron chi connectivity index (χ4n) is 2.49. The molecule has 2 aromatic carbocycles. The molecule has 0 aliphatic heterocycles. The van der Waals surface area contributed by atoms with Crippen molar-refractivity contribution in [1.82, 2.24) is 0 Å². The number of nitro benzene ring substituents is 1. The zero-order chi connectivity index (χ0) is 19.8. The van der Waals surface area contributed by atoms with Crippen molar-refractivity contribution in [2.45, 2.75) is 6.92 Å². The van der Waals surface area contributed by atoms with Gasteiger partial charge in [0.25, 0.3) is 5.69 Å². The van der Waals surface area contributed by atoms with E-state index in [0.29, 0.717) is 16.9 Å². The van der Waals surface area contributed by atoms with Crippen molar-refractivity contribution in [2.75, 3.05) is 12.4 Å². The van der Waals surface area contributed by atoms with Crippen LogP contribution in [0.4, 0.5) is 17.1 Å². The summed E-state index contributed by atoms with van der Waals surface area (Å²) in [5, 5.41) is 16.4. The van der Waals surface area contributed by atoms with E-state index >= 15 is 0 Å². The summed E-state index contributed by atoms with van der Waals surface area (Å²) in [4.78, 5) is 22.4. The van der Waals surface area contributed by atoms with Gasteiger partial charge in [0, 0.05) is 17.3 Å². The minimum absolute atomic E-state index is 0.144. The summed E-state index contributed by atoms with van der Waals surface area (Å²) in [7, 11) is 1.94. The molecule has 0 aliphatic carbocycles. The highest BCUT2D eigenvalue weighted by Gasteiger charge is 2.16. The monoisotopic (exact) mass is 364 g/mol. The summed E-state index contributed by atoms with van der Waals surface area (Å²) < 4.78 is 0. The summed E-state index contributed by atoms with van der Waals surface area (Å²) >= 11 is 0. The van der Waals surface area contributed by atoms with Gasteiger partial charge in [-0.2, -0.15) is 0 Å². The van der Waals surface area contributed by atoms with E-state index in [1.807, 2.05) is 55.0 Å². The normalized spacial score (nSPS) is 11.4. The summed E-state index contributed by atoms with van der Waals surface area (Å²) in [6, 6.07) is 11.9. The second-order valence-electron chi connectivity index (χ2n) is 5.80. The van der Waals surface area contributed by atoms with Crippen LogP contribution in [-0.2, 0) is 0 Å². The lowest BCUT2D eigenvalue weighted by atomic mass is 10.0. The standard InChI is InChI=1S/C21H21N3O3/c1-4-16(8-6-12-22-3)18-7-5-9-19(13-18)23-20-11-10-17(15(2)25)14-21(20)24(26)27/h4-14,22-23H,1H2,2-3H3/p+1/b12-6-,16-8+. The van der Waals surface area contributed by atoms with E-state index in [9.17, 15) is 14.9 Å². The Morgan fingerprint density at radius 3 is 2.63 bits per heavy atom. The van der Waals surface area contributed by atoms with Gasteiger partial charge in [0.05, 0.1) is 18.2 Å². The maximum atomic E-state index is 11.5. The highest BCUT2D eigenvalue weighted by Crippen LogP contribution is 2.30. The average Bonchev–Trinajstić information content (AvgIpc) is 2.65. The van der Waals surface area contributed by atoms with Crippen LogP contribution in [-0.4, -0.2) is 17.8 Å². The molecule has 0 saturated heterocycles. The van der Waals surface area contributed by atoms with Crippen LogP contribution in [0.25, 0.3) is 5.57 Å². The van der Waals surface area contributed by atoms with Gasteiger partial charge in [-0.15, -0.1) is 0 Å². The van der Waals surface area contributed by atoms with Crippen molar-refractivity contribution >= 4 is 28.4 Å². The van der Waals surface area contributed by atoms with E-state index in [2.05, 4.69) is 11.9 Å². The van der Waals surface area contributed by atoms with Gasteiger partial charge in [0.15, 0.2) is 5.78 Å². The molecule has 0 saturated carbocycles. The molecule has 0 radical (unpaired) electrons. The smallest absolute Gasteiger partial charge is 0.293 e. The molecule has 0 atom stereocenters.